The summed E-state index contributed by atoms with van der Waals surface area (Å²) in [7, 11) is 0. The highest BCUT2D eigenvalue weighted by molar-refractivity contribution is 6.07. The minimum absolute atomic E-state index is 0.0509. The maximum Gasteiger partial charge on any atom is 0.267 e. The molecule has 0 fully saturated rings. The lowest BCUT2D eigenvalue weighted by molar-refractivity contribution is -0.112. The predicted molar refractivity (Wildman–Crippen MR) is 87.8 cm³/mol. The molecule has 0 spiro atoms. The molecule has 6 heteroatoms. The number of nitrogens with one attached hydrogen (secondary N) is 2. The normalized spacial score (nSPS) is 11.0. The Kier molecular flexibility index (Phi) is 4.82. The van der Waals surface area contributed by atoms with E-state index in [0.717, 1.165) is 22.4 Å². The monoisotopic (exact) mass is 310 g/mol. The number of amides is 1. The van der Waals surface area contributed by atoms with Crippen molar-refractivity contribution in [2.24, 2.45) is 0 Å². The van der Waals surface area contributed by atoms with Gasteiger partial charge in [-0.25, -0.2) is 0 Å². The smallest absolute Gasteiger partial charge is 0.267 e. The Bertz CT molecular complexity index is 789. The van der Waals surface area contributed by atoms with Crippen molar-refractivity contribution < 1.29 is 9.32 Å². The molecule has 1 heterocycles. The molecule has 2 rings (SSSR count). The van der Waals surface area contributed by atoms with E-state index in [-0.39, 0.29) is 5.57 Å². The third-order valence-corrected chi connectivity index (χ3v) is 3.27. The second-order valence-corrected chi connectivity index (χ2v) is 5.36. The Morgan fingerprint density at radius 2 is 1.87 bits per heavy atom. The van der Waals surface area contributed by atoms with Gasteiger partial charge in [0.05, 0.1) is 0 Å². The van der Waals surface area contributed by atoms with E-state index in [1.54, 1.807) is 13.0 Å². The first-order valence-corrected chi connectivity index (χ1v) is 7.10. The number of aromatic nitrogens is 1. The summed E-state index contributed by atoms with van der Waals surface area (Å²) in [6, 6.07) is 7.50. The molecule has 0 unspecified atom stereocenters. The van der Waals surface area contributed by atoms with Gasteiger partial charge < -0.3 is 15.2 Å². The predicted octanol–water partition coefficient (Wildman–Crippen LogP) is 3.37. The number of anilines is 2. The lowest BCUT2D eigenvalue weighted by atomic mass is 10.0. The van der Waals surface area contributed by atoms with Gasteiger partial charge in [-0.3, -0.25) is 4.79 Å². The summed E-state index contributed by atoms with van der Waals surface area (Å²) in [5, 5.41) is 18.5. The van der Waals surface area contributed by atoms with Crippen LogP contribution in [0.2, 0.25) is 0 Å². The summed E-state index contributed by atoms with van der Waals surface area (Å²) in [6.07, 6.45) is 1.31. The molecular weight excluding hydrogens is 292 g/mol. The van der Waals surface area contributed by atoms with E-state index in [9.17, 15) is 10.1 Å². The molecule has 23 heavy (non-hydrogen) atoms. The van der Waals surface area contributed by atoms with E-state index in [1.165, 1.54) is 6.20 Å². The zero-order valence-corrected chi connectivity index (χ0v) is 13.5. The molecule has 1 amide bonds. The summed E-state index contributed by atoms with van der Waals surface area (Å²) < 4.78 is 4.90. The second-order valence-electron chi connectivity index (χ2n) is 5.36. The first-order valence-electron chi connectivity index (χ1n) is 7.10. The van der Waals surface area contributed by atoms with E-state index in [1.807, 2.05) is 39.0 Å². The Morgan fingerprint density at radius 1 is 1.22 bits per heavy atom. The molecule has 0 radical (unpaired) electrons. The third-order valence-electron chi connectivity index (χ3n) is 3.27. The fourth-order valence-electron chi connectivity index (χ4n) is 2.29. The lowest BCUT2D eigenvalue weighted by Gasteiger charge is -2.12. The van der Waals surface area contributed by atoms with Gasteiger partial charge >= 0.3 is 0 Å². The number of aryl methyl sites for hydroxylation is 4. The minimum Gasteiger partial charge on any atom is -0.360 e. The zero-order valence-electron chi connectivity index (χ0n) is 13.5. The highest BCUT2D eigenvalue weighted by Gasteiger charge is 2.13. The van der Waals surface area contributed by atoms with Crippen molar-refractivity contribution in [3.8, 4) is 6.07 Å². The number of rotatable bonds is 4. The van der Waals surface area contributed by atoms with E-state index >= 15 is 0 Å². The Balaban J connectivity index is 2.16. The van der Waals surface area contributed by atoms with E-state index in [0.29, 0.717) is 11.6 Å². The van der Waals surface area contributed by atoms with Crippen molar-refractivity contribution in [2.45, 2.75) is 27.7 Å². The lowest BCUT2D eigenvalue weighted by Crippen LogP contribution is -2.16. The summed E-state index contributed by atoms with van der Waals surface area (Å²) >= 11 is 0. The van der Waals surface area contributed by atoms with Crippen LogP contribution in [0.15, 0.2) is 34.5 Å². The first-order chi connectivity index (χ1) is 10.9. The molecule has 0 bridgehead atoms. The Hall–Kier alpha value is -3.07. The molecule has 1 aromatic heterocycles. The van der Waals surface area contributed by atoms with Crippen LogP contribution in [-0.4, -0.2) is 11.1 Å². The van der Waals surface area contributed by atoms with Crippen LogP contribution in [0.4, 0.5) is 11.5 Å². The number of carbonyl (C=O) groups is 1. The molecule has 118 valence electrons. The molecule has 0 aliphatic carbocycles. The average molecular weight is 310 g/mol. The summed E-state index contributed by atoms with van der Waals surface area (Å²) in [5.74, 6) is 0.593. The largest absolute Gasteiger partial charge is 0.360 e. The SMILES string of the molecule is Cc1cc(C)c(NC(=O)/C(C#N)=C\Nc2cc(C)on2)c(C)c1. The van der Waals surface area contributed by atoms with Crippen molar-refractivity contribution in [1.29, 1.82) is 5.26 Å². The first kappa shape index (κ1) is 16.3. The Labute approximate surface area is 134 Å². The van der Waals surface area contributed by atoms with Crippen molar-refractivity contribution >= 4 is 17.4 Å². The maximum atomic E-state index is 12.3. The fourth-order valence-corrected chi connectivity index (χ4v) is 2.29. The molecule has 0 saturated carbocycles. The van der Waals surface area contributed by atoms with Crippen LogP contribution in [0.25, 0.3) is 0 Å². The standard InChI is InChI=1S/C17H18N4O2/c1-10-5-11(2)16(12(3)6-10)20-17(22)14(8-18)9-19-15-7-13(4)23-21-15/h5-7,9H,1-4H3,(H,19,21)(H,20,22)/b14-9-. The van der Waals surface area contributed by atoms with Gasteiger partial charge in [0, 0.05) is 18.0 Å². The molecule has 0 atom stereocenters. The highest BCUT2D eigenvalue weighted by Crippen LogP contribution is 2.22. The van der Waals surface area contributed by atoms with E-state index in [4.69, 9.17) is 4.52 Å². The maximum absolute atomic E-state index is 12.3. The van der Waals surface area contributed by atoms with Crippen LogP contribution in [0.1, 0.15) is 22.5 Å². The third kappa shape index (κ3) is 3.98. The van der Waals surface area contributed by atoms with Crippen LogP contribution in [0.3, 0.4) is 0 Å². The average Bonchev–Trinajstić information content (AvgIpc) is 2.89. The van der Waals surface area contributed by atoms with Crippen LogP contribution < -0.4 is 10.6 Å². The summed E-state index contributed by atoms with van der Waals surface area (Å²) in [4.78, 5) is 12.3. The fraction of sp³-hybridized carbons (Fsp3) is 0.235. The molecule has 6 nitrogen and oxygen atoms in total. The summed E-state index contributed by atoms with van der Waals surface area (Å²) in [6.45, 7) is 7.59. The van der Waals surface area contributed by atoms with Crippen molar-refractivity contribution in [3.63, 3.8) is 0 Å². The van der Waals surface area contributed by atoms with Gasteiger partial charge in [0.15, 0.2) is 5.82 Å². The van der Waals surface area contributed by atoms with Gasteiger partial charge in [0.1, 0.15) is 17.4 Å². The van der Waals surface area contributed by atoms with Crippen molar-refractivity contribution in [3.05, 3.63) is 52.4 Å². The molecule has 1 aromatic carbocycles. The van der Waals surface area contributed by atoms with E-state index in [2.05, 4.69) is 15.8 Å². The highest BCUT2D eigenvalue weighted by atomic mass is 16.5. The molecule has 0 aliphatic heterocycles. The van der Waals surface area contributed by atoms with E-state index < -0.39 is 5.91 Å². The topological polar surface area (TPSA) is 91.0 Å². The number of nitrogens with zero attached hydrogens (tertiary/aromatic N) is 2. The van der Waals surface area contributed by atoms with Gasteiger partial charge in [0.25, 0.3) is 5.91 Å². The number of hydrogen-bond acceptors (Lipinski definition) is 5. The molecule has 0 saturated heterocycles. The van der Waals surface area contributed by atoms with Crippen LogP contribution in [0, 0.1) is 39.0 Å². The van der Waals surface area contributed by atoms with Gasteiger partial charge in [0.2, 0.25) is 0 Å². The van der Waals surface area contributed by atoms with Crippen molar-refractivity contribution in [1.82, 2.24) is 5.16 Å². The second kappa shape index (κ2) is 6.79. The number of benzene rings is 1. The Morgan fingerprint density at radius 3 is 2.39 bits per heavy atom. The molecule has 2 N–H and O–H groups in total. The quantitative estimate of drug-likeness (QED) is 0.667. The number of carbonyl (C=O) groups excluding carboxylic acids is 1. The molecule has 0 aliphatic rings. The minimum atomic E-state index is -0.477. The van der Waals surface area contributed by atoms with Gasteiger partial charge in [-0.15, -0.1) is 0 Å². The number of nitriles is 1. The zero-order chi connectivity index (χ0) is 17.0. The van der Waals surface area contributed by atoms with Gasteiger partial charge in [-0.1, -0.05) is 22.9 Å². The van der Waals surface area contributed by atoms with Crippen LogP contribution >= 0.6 is 0 Å². The van der Waals surface area contributed by atoms with Gasteiger partial charge in [-0.2, -0.15) is 5.26 Å². The molecular formula is C17H18N4O2. The number of hydrogen-bond donors (Lipinski definition) is 2. The van der Waals surface area contributed by atoms with Crippen LogP contribution in [0.5, 0.6) is 0 Å². The molecule has 2 aromatic rings. The van der Waals surface area contributed by atoms with Gasteiger partial charge in [-0.05, 0) is 38.8 Å². The van der Waals surface area contributed by atoms with Crippen molar-refractivity contribution in [2.75, 3.05) is 10.6 Å². The summed E-state index contributed by atoms with van der Waals surface area (Å²) in [5.41, 5.74) is 3.70. The van der Waals surface area contributed by atoms with Crippen LogP contribution in [-0.2, 0) is 4.79 Å².